The Balaban J connectivity index is 2.98. The highest BCUT2D eigenvalue weighted by atomic mass is 16.3. The Morgan fingerprint density at radius 2 is 2.43 bits per heavy atom. The predicted octanol–water partition coefficient (Wildman–Crippen LogP) is 0.257. The van der Waals surface area contributed by atoms with Crippen molar-refractivity contribution >= 4 is 6.29 Å². The third kappa shape index (κ3) is 3.46. The lowest BCUT2D eigenvalue weighted by Gasteiger charge is -1.93. The normalized spacial score (nSPS) is 13.4. The number of rotatable bonds is 3. The number of carbonyl (C=O) groups excluding carboxylic acids is 1. The molecule has 0 saturated carbocycles. The van der Waals surface area contributed by atoms with Crippen molar-refractivity contribution in [3.05, 3.63) is 0 Å². The predicted molar refractivity (Wildman–Crippen MR) is 26.6 cm³/mol. The molecule has 1 unspecified atom stereocenters. The highest BCUT2D eigenvalue weighted by molar-refractivity contribution is 5.56. The lowest BCUT2D eigenvalue weighted by Crippen LogP contribution is -2.05. The molecule has 1 radical (unpaired) electrons. The molecule has 0 aromatic carbocycles. The van der Waals surface area contributed by atoms with Gasteiger partial charge in [0.15, 0.2) is 0 Å². The van der Waals surface area contributed by atoms with Gasteiger partial charge in [-0.25, -0.2) is 0 Å². The average Bonchev–Trinajstić information content (AvgIpc) is 1.68. The van der Waals surface area contributed by atoms with Crippen LogP contribution in [0.3, 0.4) is 0 Å². The minimum absolute atomic E-state index is 0.531. The molecule has 2 nitrogen and oxygen atoms in total. The van der Waals surface area contributed by atoms with E-state index in [9.17, 15) is 4.79 Å². The van der Waals surface area contributed by atoms with E-state index in [4.69, 9.17) is 5.11 Å². The maximum atomic E-state index is 9.52. The summed E-state index contributed by atoms with van der Waals surface area (Å²) in [5, 5.41) is 8.43. The second-order valence-electron chi connectivity index (χ2n) is 1.42. The van der Waals surface area contributed by atoms with E-state index >= 15 is 0 Å². The molecule has 1 atom stereocenters. The molecule has 0 heterocycles. The Morgan fingerprint density at radius 1 is 1.86 bits per heavy atom. The zero-order valence-corrected chi connectivity index (χ0v) is 4.35. The van der Waals surface area contributed by atoms with Crippen LogP contribution in [0.4, 0.5) is 0 Å². The molecule has 0 aliphatic carbocycles. The van der Waals surface area contributed by atoms with Crippen molar-refractivity contribution in [1.29, 1.82) is 0 Å². The Hall–Kier alpha value is -0.370. The van der Waals surface area contributed by atoms with E-state index in [-0.39, 0.29) is 0 Å². The van der Waals surface area contributed by atoms with Crippen molar-refractivity contribution in [3.63, 3.8) is 0 Å². The topological polar surface area (TPSA) is 37.3 Å². The Kier molecular flexibility index (Phi) is 3.61. The van der Waals surface area contributed by atoms with Gasteiger partial charge in [-0.3, -0.25) is 4.79 Å². The fourth-order valence-electron chi connectivity index (χ4n) is 0.332. The number of hydrogen-bond donors (Lipinski definition) is 1. The van der Waals surface area contributed by atoms with Crippen LogP contribution in [0.25, 0.3) is 0 Å². The Labute approximate surface area is 43.2 Å². The third-order valence-electron chi connectivity index (χ3n) is 0.698. The quantitative estimate of drug-likeness (QED) is 0.553. The van der Waals surface area contributed by atoms with Gasteiger partial charge in [-0.15, -0.1) is 0 Å². The molecular weight excluding hydrogens is 92.1 g/mol. The van der Waals surface area contributed by atoms with Crippen LogP contribution in [0.15, 0.2) is 0 Å². The number of aliphatic hydroxyl groups is 1. The zero-order chi connectivity index (χ0) is 5.70. The molecule has 0 aromatic rings. The molecule has 0 bridgehead atoms. The highest BCUT2D eigenvalue weighted by Gasteiger charge is 1.97. The molecule has 2 heteroatoms. The van der Waals surface area contributed by atoms with E-state index in [1.54, 1.807) is 0 Å². The summed E-state index contributed by atoms with van der Waals surface area (Å²) in [7, 11) is 0. The molecule has 1 N–H and O–H groups in total. The highest BCUT2D eigenvalue weighted by Crippen LogP contribution is 1.89. The van der Waals surface area contributed by atoms with Gasteiger partial charge in [0, 0.05) is 0 Å². The molecule has 0 fully saturated rings. The van der Waals surface area contributed by atoms with Crippen LogP contribution >= 0.6 is 0 Å². The maximum Gasteiger partial charge on any atom is 0.229 e. The maximum absolute atomic E-state index is 9.52. The summed E-state index contributed by atoms with van der Waals surface area (Å²) in [6.45, 7) is 1.90. The van der Waals surface area contributed by atoms with Crippen molar-refractivity contribution in [2.75, 3.05) is 0 Å². The van der Waals surface area contributed by atoms with E-state index in [0.717, 1.165) is 6.42 Å². The zero-order valence-electron chi connectivity index (χ0n) is 4.35. The SMILES string of the molecule is CCCC(O)[C]=O. The van der Waals surface area contributed by atoms with E-state index < -0.39 is 6.10 Å². The van der Waals surface area contributed by atoms with Gasteiger partial charge in [0.05, 0.1) is 0 Å². The van der Waals surface area contributed by atoms with Crippen LogP contribution in [0.1, 0.15) is 19.8 Å². The van der Waals surface area contributed by atoms with Gasteiger partial charge in [0.1, 0.15) is 6.10 Å². The number of aliphatic hydroxyl groups excluding tert-OH is 1. The molecule has 0 rings (SSSR count). The summed E-state index contributed by atoms with van der Waals surface area (Å²) >= 11 is 0. The molecule has 0 aliphatic rings. The molecule has 0 aromatic heterocycles. The molecule has 41 valence electrons. The van der Waals surface area contributed by atoms with Crippen LogP contribution in [0, 0.1) is 0 Å². The van der Waals surface area contributed by atoms with E-state index in [0.29, 0.717) is 6.42 Å². The molecule has 7 heavy (non-hydrogen) atoms. The van der Waals surface area contributed by atoms with Gasteiger partial charge in [-0.05, 0) is 6.42 Å². The minimum atomic E-state index is -0.856. The van der Waals surface area contributed by atoms with Crippen molar-refractivity contribution < 1.29 is 9.90 Å². The Morgan fingerprint density at radius 3 is 2.57 bits per heavy atom. The first-order valence-corrected chi connectivity index (χ1v) is 2.37. The van der Waals surface area contributed by atoms with Gasteiger partial charge < -0.3 is 5.11 Å². The first-order chi connectivity index (χ1) is 3.31. The van der Waals surface area contributed by atoms with E-state index in [1.165, 1.54) is 6.29 Å². The Bertz CT molecular complexity index is 52.0. The average molecular weight is 101 g/mol. The third-order valence-corrected chi connectivity index (χ3v) is 0.698. The summed E-state index contributed by atoms with van der Waals surface area (Å²) in [5.74, 6) is 0. The lowest BCUT2D eigenvalue weighted by molar-refractivity contribution is 0.223. The van der Waals surface area contributed by atoms with E-state index in [2.05, 4.69) is 0 Å². The fourth-order valence-corrected chi connectivity index (χ4v) is 0.332. The molecule has 0 spiro atoms. The van der Waals surface area contributed by atoms with Crippen LogP contribution in [0.2, 0.25) is 0 Å². The second-order valence-corrected chi connectivity index (χ2v) is 1.42. The van der Waals surface area contributed by atoms with E-state index in [1.807, 2.05) is 6.92 Å². The van der Waals surface area contributed by atoms with Crippen LogP contribution in [0.5, 0.6) is 0 Å². The summed E-state index contributed by atoms with van der Waals surface area (Å²) in [5.41, 5.74) is 0. The lowest BCUT2D eigenvalue weighted by atomic mass is 10.2. The van der Waals surface area contributed by atoms with Crippen molar-refractivity contribution in [2.45, 2.75) is 25.9 Å². The van der Waals surface area contributed by atoms with Crippen LogP contribution in [-0.2, 0) is 4.79 Å². The van der Waals surface area contributed by atoms with Crippen LogP contribution in [-0.4, -0.2) is 17.5 Å². The standard InChI is InChI=1S/C5H9O2/c1-2-3-5(7)4-6/h5,7H,2-3H2,1H3. The second kappa shape index (κ2) is 3.81. The first-order valence-electron chi connectivity index (χ1n) is 2.37. The molecule has 0 saturated heterocycles. The molecule has 0 amide bonds. The van der Waals surface area contributed by atoms with Crippen molar-refractivity contribution in [2.24, 2.45) is 0 Å². The van der Waals surface area contributed by atoms with Gasteiger partial charge in [-0.2, -0.15) is 0 Å². The fraction of sp³-hybridized carbons (Fsp3) is 0.800. The van der Waals surface area contributed by atoms with Gasteiger partial charge in [-0.1, -0.05) is 13.3 Å². The molecular formula is C5H9O2. The van der Waals surface area contributed by atoms with Crippen molar-refractivity contribution in [1.82, 2.24) is 0 Å². The van der Waals surface area contributed by atoms with Gasteiger partial charge >= 0.3 is 0 Å². The van der Waals surface area contributed by atoms with Gasteiger partial charge in [0.25, 0.3) is 0 Å². The van der Waals surface area contributed by atoms with Crippen LogP contribution < -0.4 is 0 Å². The minimum Gasteiger partial charge on any atom is -0.385 e. The summed E-state index contributed by atoms with van der Waals surface area (Å²) in [6, 6.07) is 0. The first kappa shape index (κ1) is 6.63. The summed E-state index contributed by atoms with van der Waals surface area (Å²) in [4.78, 5) is 9.52. The largest absolute Gasteiger partial charge is 0.385 e. The smallest absolute Gasteiger partial charge is 0.229 e. The summed E-state index contributed by atoms with van der Waals surface area (Å²) < 4.78 is 0. The van der Waals surface area contributed by atoms with Gasteiger partial charge in [0.2, 0.25) is 6.29 Å². The van der Waals surface area contributed by atoms with Crippen molar-refractivity contribution in [3.8, 4) is 0 Å². The summed E-state index contributed by atoms with van der Waals surface area (Å²) in [6.07, 6.45) is 1.98. The number of hydrogen-bond acceptors (Lipinski definition) is 2. The molecule has 0 aliphatic heterocycles. The monoisotopic (exact) mass is 101 g/mol.